The zero-order valence-electron chi connectivity index (χ0n) is 13.1. The van der Waals surface area contributed by atoms with Crippen molar-refractivity contribution in [2.75, 3.05) is 26.2 Å². The molecular weight excluding hydrogens is 234 g/mol. The van der Waals surface area contributed by atoms with E-state index < -0.39 is 0 Å². The molecule has 0 aromatic rings. The van der Waals surface area contributed by atoms with Crippen LogP contribution in [0.5, 0.6) is 0 Å². The topological polar surface area (TPSA) is 41.3 Å². The Labute approximate surface area is 119 Å². The lowest BCUT2D eigenvalue weighted by Crippen LogP contribution is -2.49. The molecule has 1 atom stereocenters. The fourth-order valence-electron chi connectivity index (χ4n) is 3.97. The third-order valence-electron chi connectivity index (χ3n) is 5.01. The Morgan fingerprint density at radius 1 is 1.21 bits per heavy atom. The molecule has 2 fully saturated rings. The van der Waals surface area contributed by atoms with Gasteiger partial charge in [-0.1, -0.05) is 13.8 Å². The lowest BCUT2D eigenvalue weighted by atomic mass is 9.57. The van der Waals surface area contributed by atoms with E-state index in [-0.39, 0.29) is 0 Å². The molecule has 0 aromatic carbocycles. The van der Waals surface area contributed by atoms with Gasteiger partial charge in [0.25, 0.3) is 0 Å². The molecule has 3 nitrogen and oxygen atoms in total. The van der Waals surface area contributed by atoms with Gasteiger partial charge in [0.1, 0.15) is 0 Å². The second kappa shape index (κ2) is 6.55. The molecule has 3 heteroatoms. The van der Waals surface area contributed by atoms with Crippen molar-refractivity contribution in [2.24, 2.45) is 17.1 Å². The first kappa shape index (κ1) is 15.3. The van der Waals surface area contributed by atoms with Crippen LogP contribution in [0.4, 0.5) is 0 Å². The lowest BCUT2D eigenvalue weighted by molar-refractivity contribution is -0.0167. The first-order valence-electron chi connectivity index (χ1n) is 8.20. The largest absolute Gasteiger partial charge is 0.327 e. The Balaban J connectivity index is 1.61. The van der Waals surface area contributed by atoms with Crippen molar-refractivity contribution < 1.29 is 0 Å². The number of likely N-dealkylation sites (tertiary alicyclic amines) is 1. The summed E-state index contributed by atoms with van der Waals surface area (Å²) >= 11 is 0. The summed E-state index contributed by atoms with van der Waals surface area (Å²) in [6.45, 7) is 11.4. The van der Waals surface area contributed by atoms with Crippen molar-refractivity contribution in [1.82, 2.24) is 10.2 Å². The van der Waals surface area contributed by atoms with Gasteiger partial charge in [-0.3, -0.25) is 0 Å². The number of hydrogen-bond acceptors (Lipinski definition) is 3. The van der Waals surface area contributed by atoms with Crippen LogP contribution in [0.25, 0.3) is 0 Å². The molecule has 0 radical (unpaired) electrons. The number of nitrogens with two attached hydrogens (primary N) is 1. The predicted molar refractivity (Wildman–Crippen MR) is 82.2 cm³/mol. The molecule has 2 rings (SSSR count). The van der Waals surface area contributed by atoms with Crippen molar-refractivity contribution in [3.8, 4) is 0 Å². The Hall–Kier alpha value is -0.120. The number of rotatable bonds is 6. The smallest absolute Gasteiger partial charge is 0.0139 e. The van der Waals surface area contributed by atoms with E-state index in [2.05, 4.69) is 31.0 Å². The van der Waals surface area contributed by atoms with Crippen LogP contribution in [-0.4, -0.2) is 43.2 Å². The predicted octanol–water partition coefficient (Wildman–Crippen LogP) is 2.21. The van der Waals surface area contributed by atoms with Gasteiger partial charge >= 0.3 is 0 Å². The van der Waals surface area contributed by atoms with E-state index in [9.17, 15) is 0 Å². The summed E-state index contributed by atoms with van der Waals surface area (Å²) in [7, 11) is 0. The van der Waals surface area contributed by atoms with E-state index in [0.717, 1.165) is 17.9 Å². The number of nitrogens with one attached hydrogen (secondary N) is 1. The van der Waals surface area contributed by atoms with Crippen LogP contribution in [0.15, 0.2) is 0 Å². The maximum absolute atomic E-state index is 5.89. The summed E-state index contributed by atoms with van der Waals surface area (Å²) < 4.78 is 0. The SMILES string of the molecule is CC(N)CN1CCC2(CC1)CC(CCNC(C)C)C2. The molecule has 1 saturated heterocycles. The van der Waals surface area contributed by atoms with Crippen molar-refractivity contribution in [2.45, 2.75) is 65.0 Å². The van der Waals surface area contributed by atoms with Crippen LogP contribution in [0, 0.1) is 11.3 Å². The molecule has 1 aliphatic carbocycles. The first-order chi connectivity index (χ1) is 8.99. The van der Waals surface area contributed by atoms with E-state index in [1.165, 1.54) is 51.7 Å². The van der Waals surface area contributed by atoms with E-state index in [0.29, 0.717) is 12.1 Å². The highest BCUT2D eigenvalue weighted by molar-refractivity contribution is 4.97. The summed E-state index contributed by atoms with van der Waals surface area (Å²) in [4.78, 5) is 2.56. The molecule has 112 valence electrons. The summed E-state index contributed by atoms with van der Waals surface area (Å²) in [5.41, 5.74) is 6.61. The second-order valence-electron chi connectivity index (χ2n) is 7.45. The van der Waals surface area contributed by atoms with Crippen molar-refractivity contribution >= 4 is 0 Å². The van der Waals surface area contributed by atoms with Crippen LogP contribution in [0.2, 0.25) is 0 Å². The van der Waals surface area contributed by atoms with Gasteiger partial charge in [-0.05, 0) is 70.0 Å². The minimum absolute atomic E-state index is 0.324. The molecule has 0 aromatic heterocycles. The highest BCUT2D eigenvalue weighted by Gasteiger charge is 2.45. The third-order valence-corrected chi connectivity index (χ3v) is 5.01. The maximum Gasteiger partial charge on any atom is 0.0139 e. The van der Waals surface area contributed by atoms with Gasteiger partial charge in [-0.15, -0.1) is 0 Å². The van der Waals surface area contributed by atoms with E-state index in [1.807, 2.05) is 0 Å². The normalized spacial score (nSPS) is 25.7. The summed E-state index contributed by atoms with van der Waals surface area (Å²) in [5, 5.41) is 3.54. The van der Waals surface area contributed by atoms with Crippen molar-refractivity contribution in [1.29, 1.82) is 0 Å². The quantitative estimate of drug-likeness (QED) is 0.775. The Morgan fingerprint density at radius 2 is 1.84 bits per heavy atom. The van der Waals surface area contributed by atoms with Crippen LogP contribution < -0.4 is 11.1 Å². The third kappa shape index (κ3) is 4.44. The van der Waals surface area contributed by atoms with Gasteiger partial charge in [0.15, 0.2) is 0 Å². The summed E-state index contributed by atoms with van der Waals surface area (Å²) in [6, 6.07) is 0.959. The fraction of sp³-hybridized carbons (Fsp3) is 1.00. The van der Waals surface area contributed by atoms with Gasteiger partial charge in [-0.2, -0.15) is 0 Å². The minimum atomic E-state index is 0.324. The number of nitrogens with zero attached hydrogens (tertiary/aromatic N) is 1. The molecule has 0 bridgehead atoms. The molecular formula is C16H33N3. The molecule has 1 unspecified atom stereocenters. The van der Waals surface area contributed by atoms with Crippen LogP contribution in [0.3, 0.4) is 0 Å². The van der Waals surface area contributed by atoms with E-state index >= 15 is 0 Å². The van der Waals surface area contributed by atoms with Gasteiger partial charge < -0.3 is 16.0 Å². The fourth-order valence-corrected chi connectivity index (χ4v) is 3.97. The van der Waals surface area contributed by atoms with Gasteiger partial charge in [0.05, 0.1) is 0 Å². The number of piperidine rings is 1. The average Bonchev–Trinajstić information content (AvgIpc) is 2.28. The molecule has 1 heterocycles. The zero-order valence-corrected chi connectivity index (χ0v) is 13.1. The maximum atomic E-state index is 5.89. The van der Waals surface area contributed by atoms with Crippen molar-refractivity contribution in [3.63, 3.8) is 0 Å². The lowest BCUT2D eigenvalue weighted by Gasteiger charge is -2.52. The summed E-state index contributed by atoms with van der Waals surface area (Å²) in [6.07, 6.45) is 7.17. The second-order valence-corrected chi connectivity index (χ2v) is 7.45. The summed E-state index contributed by atoms with van der Waals surface area (Å²) in [5.74, 6) is 0.992. The Kier molecular flexibility index (Phi) is 5.27. The standard InChI is InChI=1S/C16H33N3/c1-13(2)18-7-4-15-10-16(11-15)5-8-19(9-6-16)12-14(3)17/h13-15,18H,4-12,17H2,1-3H3. The van der Waals surface area contributed by atoms with E-state index in [1.54, 1.807) is 0 Å². The molecule has 3 N–H and O–H groups in total. The van der Waals surface area contributed by atoms with Crippen LogP contribution in [0.1, 0.15) is 52.9 Å². The molecule has 2 aliphatic rings. The van der Waals surface area contributed by atoms with Crippen LogP contribution >= 0.6 is 0 Å². The number of hydrogen-bond donors (Lipinski definition) is 2. The minimum Gasteiger partial charge on any atom is -0.327 e. The van der Waals surface area contributed by atoms with Crippen LogP contribution in [-0.2, 0) is 0 Å². The Bertz CT molecular complexity index is 259. The molecule has 1 aliphatic heterocycles. The molecule has 1 saturated carbocycles. The molecule has 1 spiro atoms. The average molecular weight is 267 g/mol. The monoisotopic (exact) mass is 267 g/mol. The highest BCUT2D eigenvalue weighted by atomic mass is 15.1. The highest BCUT2D eigenvalue weighted by Crippen LogP contribution is 2.53. The van der Waals surface area contributed by atoms with Gasteiger partial charge in [-0.25, -0.2) is 0 Å². The Morgan fingerprint density at radius 3 is 2.37 bits per heavy atom. The van der Waals surface area contributed by atoms with E-state index in [4.69, 9.17) is 5.73 Å². The van der Waals surface area contributed by atoms with Gasteiger partial charge in [0.2, 0.25) is 0 Å². The zero-order chi connectivity index (χ0) is 13.9. The first-order valence-corrected chi connectivity index (χ1v) is 8.20. The van der Waals surface area contributed by atoms with Crippen molar-refractivity contribution in [3.05, 3.63) is 0 Å². The molecule has 19 heavy (non-hydrogen) atoms. The molecule has 0 amide bonds. The van der Waals surface area contributed by atoms with Gasteiger partial charge in [0, 0.05) is 18.6 Å².